The average Bonchev–Trinajstić information content (AvgIpc) is 3.38. The summed E-state index contributed by atoms with van der Waals surface area (Å²) in [4.78, 5) is 42.1. The third-order valence-electron chi connectivity index (χ3n) is 9.82. The highest BCUT2D eigenvalue weighted by Crippen LogP contribution is 2.32. The fourth-order valence-electron chi connectivity index (χ4n) is 7.16. The van der Waals surface area contributed by atoms with Gasteiger partial charge in [-0.1, -0.05) is 36.4 Å². The molecule has 2 amide bonds. The van der Waals surface area contributed by atoms with Crippen LogP contribution >= 0.6 is 0 Å². The maximum Gasteiger partial charge on any atom is 0.329 e. The Labute approximate surface area is 295 Å². The normalized spacial score (nSPS) is 16.8. The molecular weight excluding hydrogens is 648 g/mol. The number of imidazole rings is 1. The number of benzene rings is 3. The number of piperidine rings is 1. The molecule has 0 bridgehead atoms. The molecule has 5 aromatic rings. The first kappa shape index (κ1) is 33.8. The molecule has 2 fully saturated rings. The van der Waals surface area contributed by atoms with E-state index in [2.05, 4.69) is 37.4 Å². The number of unbranched alkanes of at least 4 members (excludes halogenated alkanes) is 1. The molecule has 2 saturated heterocycles. The van der Waals surface area contributed by atoms with E-state index in [0.717, 1.165) is 74.5 Å². The van der Waals surface area contributed by atoms with Crippen molar-refractivity contribution in [2.75, 3.05) is 43.4 Å². The highest BCUT2D eigenvalue weighted by Gasteiger charge is 2.31. The first-order chi connectivity index (χ1) is 24.8. The molecule has 4 N–H and O–H groups in total. The molecule has 0 spiro atoms. The standard InChI is InChI=1S/C38H42N8O5/c1-43-35-26(10-7-13-30(35)46(38(43)50)31-15-16-34(48)40-37(31)49)9-4-5-21-51-27-11-6-8-25(22-27)24-44-17-19-45(20-18-44)32-23-29(41-42-36(32)39)28-12-2-3-14-33(28)47/h2-3,6-8,10-14,22-23,31,47H,4-5,9,15-21,24H2,1H3,(H2,39,42)(H,40,48,49). The van der Waals surface area contributed by atoms with Crippen LogP contribution in [-0.4, -0.2) is 73.9 Å². The minimum atomic E-state index is -0.697. The summed E-state index contributed by atoms with van der Waals surface area (Å²) in [6, 6.07) is 22.3. The van der Waals surface area contributed by atoms with Crippen molar-refractivity contribution in [2.24, 2.45) is 7.05 Å². The molecule has 51 heavy (non-hydrogen) atoms. The Morgan fingerprint density at radius 2 is 1.75 bits per heavy atom. The molecule has 7 rings (SSSR count). The van der Waals surface area contributed by atoms with Crippen LogP contribution in [0, 0.1) is 0 Å². The number of nitrogen functional groups attached to an aromatic ring is 1. The van der Waals surface area contributed by atoms with Crippen molar-refractivity contribution in [3.63, 3.8) is 0 Å². The van der Waals surface area contributed by atoms with Crippen molar-refractivity contribution in [3.8, 4) is 22.8 Å². The Morgan fingerprint density at radius 3 is 2.55 bits per heavy atom. The molecular formula is C38H42N8O5. The smallest absolute Gasteiger partial charge is 0.329 e. The van der Waals surface area contributed by atoms with Gasteiger partial charge in [-0.2, -0.15) is 0 Å². The van der Waals surface area contributed by atoms with Gasteiger partial charge in [-0.25, -0.2) is 4.79 Å². The summed E-state index contributed by atoms with van der Waals surface area (Å²) in [5.41, 5.74) is 11.8. The number of ether oxygens (including phenoxy) is 1. The van der Waals surface area contributed by atoms with Crippen molar-refractivity contribution < 1.29 is 19.4 Å². The molecule has 1 atom stereocenters. The van der Waals surface area contributed by atoms with Crippen LogP contribution in [0.2, 0.25) is 0 Å². The number of phenolic OH excluding ortho intramolecular Hbond substituents is 1. The number of aryl methyl sites for hydroxylation is 2. The molecule has 0 aliphatic carbocycles. The molecule has 0 saturated carbocycles. The Bertz CT molecular complexity index is 2130. The highest BCUT2D eigenvalue weighted by molar-refractivity contribution is 6.00. The fraction of sp³-hybridized carbons (Fsp3) is 0.342. The molecule has 3 aromatic carbocycles. The lowest BCUT2D eigenvalue weighted by Crippen LogP contribution is -2.46. The van der Waals surface area contributed by atoms with Crippen LogP contribution in [0.4, 0.5) is 11.5 Å². The monoisotopic (exact) mass is 690 g/mol. The number of aromatic hydroxyl groups is 1. The van der Waals surface area contributed by atoms with Crippen molar-refractivity contribution in [3.05, 3.63) is 94.4 Å². The number of para-hydroxylation sites is 2. The molecule has 4 heterocycles. The average molecular weight is 691 g/mol. The highest BCUT2D eigenvalue weighted by atomic mass is 16.5. The number of imide groups is 1. The number of hydrogen-bond donors (Lipinski definition) is 3. The quantitative estimate of drug-likeness (QED) is 0.137. The van der Waals surface area contributed by atoms with E-state index >= 15 is 0 Å². The minimum absolute atomic E-state index is 0.155. The number of nitrogens with one attached hydrogen (secondary N) is 1. The number of piperazine rings is 1. The zero-order chi connectivity index (χ0) is 35.5. The van der Waals surface area contributed by atoms with E-state index in [1.54, 1.807) is 23.7 Å². The second-order valence-electron chi connectivity index (χ2n) is 13.2. The fourth-order valence-corrected chi connectivity index (χ4v) is 7.16. The summed E-state index contributed by atoms with van der Waals surface area (Å²) >= 11 is 0. The Balaban J connectivity index is 0.905. The second-order valence-corrected chi connectivity index (χ2v) is 13.2. The first-order valence-corrected chi connectivity index (χ1v) is 17.4. The third-order valence-corrected chi connectivity index (χ3v) is 9.82. The summed E-state index contributed by atoms with van der Waals surface area (Å²) in [7, 11) is 1.73. The lowest BCUT2D eigenvalue weighted by molar-refractivity contribution is -0.135. The zero-order valence-corrected chi connectivity index (χ0v) is 28.6. The molecule has 264 valence electrons. The third kappa shape index (κ3) is 7.15. The predicted octanol–water partition coefficient (Wildman–Crippen LogP) is 3.79. The van der Waals surface area contributed by atoms with Crippen LogP contribution < -0.4 is 26.4 Å². The van der Waals surface area contributed by atoms with E-state index in [0.29, 0.717) is 35.6 Å². The number of fused-ring (bicyclic) bond motifs is 1. The van der Waals surface area contributed by atoms with E-state index < -0.39 is 11.9 Å². The van der Waals surface area contributed by atoms with Crippen LogP contribution in [0.15, 0.2) is 77.6 Å². The van der Waals surface area contributed by atoms with E-state index in [-0.39, 0.29) is 23.8 Å². The predicted molar refractivity (Wildman–Crippen MR) is 195 cm³/mol. The van der Waals surface area contributed by atoms with Gasteiger partial charge in [0.05, 0.1) is 29.0 Å². The second kappa shape index (κ2) is 14.7. The molecule has 2 aliphatic rings. The van der Waals surface area contributed by atoms with Gasteiger partial charge in [0.15, 0.2) is 5.82 Å². The summed E-state index contributed by atoms with van der Waals surface area (Å²) in [5.74, 6) is 0.632. The van der Waals surface area contributed by atoms with Gasteiger partial charge in [0.1, 0.15) is 17.5 Å². The zero-order valence-electron chi connectivity index (χ0n) is 28.6. The van der Waals surface area contributed by atoms with Crippen LogP contribution in [0.5, 0.6) is 11.5 Å². The number of hydrogen-bond acceptors (Lipinski definition) is 10. The first-order valence-electron chi connectivity index (χ1n) is 17.4. The van der Waals surface area contributed by atoms with Gasteiger partial charge in [0.25, 0.3) is 0 Å². The Kier molecular flexibility index (Phi) is 9.71. The van der Waals surface area contributed by atoms with Gasteiger partial charge < -0.3 is 20.5 Å². The molecule has 2 aromatic heterocycles. The van der Waals surface area contributed by atoms with Crippen molar-refractivity contribution in [1.29, 1.82) is 0 Å². The lowest BCUT2D eigenvalue weighted by Gasteiger charge is -2.36. The van der Waals surface area contributed by atoms with Crippen LogP contribution in [0.3, 0.4) is 0 Å². The Morgan fingerprint density at radius 1 is 0.941 bits per heavy atom. The van der Waals surface area contributed by atoms with Gasteiger partial charge in [-0.3, -0.25) is 28.9 Å². The number of anilines is 2. The summed E-state index contributed by atoms with van der Waals surface area (Å²) in [5, 5.41) is 21.0. The molecule has 2 aliphatic heterocycles. The van der Waals surface area contributed by atoms with E-state index in [9.17, 15) is 19.5 Å². The van der Waals surface area contributed by atoms with Crippen molar-refractivity contribution >= 4 is 34.4 Å². The number of amides is 2. The van der Waals surface area contributed by atoms with Crippen LogP contribution in [0.1, 0.15) is 42.9 Å². The SMILES string of the molecule is Cn1c(=O)n(C2CCC(=O)NC2=O)c2cccc(CCCCOc3cccc(CN4CCN(c5cc(-c6ccccc6O)nnc5N)CC4)c3)c21. The van der Waals surface area contributed by atoms with Crippen molar-refractivity contribution in [2.45, 2.75) is 44.7 Å². The number of phenols is 1. The van der Waals surface area contributed by atoms with Gasteiger partial charge in [0.2, 0.25) is 11.8 Å². The maximum atomic E-state index is 13.2. The van der Waals surface area contributed by atoms with Gasteiger partial charge in [-0.15, -0.1) is 10.2 Å². The molecule has 13 nitrogen and oxygen atoms in total. The maximum absolute atomic E-state index is 13.2. The van der Waals surface area contributed by atoms with E-state index in [1.807, 2.05) is 48.5 Å². The molecule has 0 radical (unpaired) electrons. The number of nitrogens with zero attached hydrogens (tertiary/aromatic N) is 6. The molecule has 13 heteroatoms. The number of carbonyl (C=O) groups is 2. The Hall–Kier alpha value is -5.69. The van der Waals surface area contributed by atoms with Crippen LogP contribution in [0.25, 0.3) is 22.3 Å². The number of aromatic nitrogens is 4. The van der Waals surface area contributed by atoms with E-state index in [4.69, 9.17) is 10.5 Å². The number of carbonyl (C=O) groups excluding carboxylic acids is 2. The number of nitrogens with two attached hydrogens (primary N) is 1. The van der Waals surface area contributed by atoms with E-state index in [1.165, 1.54) is 10.1 Å². The minimum Gasteiger partial charge on any atom is -0.507 e. The summed E-state index contributed by atoms with van der Waals surface area (Å²) in [6.07, 6.45) is 2.99. The summed E-state index contributed by atoms with van der Waals surface area (Å²) < 4.78 is 9.28. The van der Waals surface area contributed by atoms with Gasteiger partial charge in [-0.05, 0) is 73.2 Å². The lowest BCUT2D eigenvalue weighted by atomic mass is 10.0. The van der Waals surface area contributed by atoms with Gasteiger partial charge >= 0.3 is 5.69 Å². The topological polar surface area (TPSA) is 161 Å². The molecule has 1 unspecified atom stereocenters. The van der Waals surface area contributed by atoms with Crippen molar-refractivity contribution in [1.82, 2.24) is 29.5 Å². The largest absolute Gasteiger partial charge is 0.507 e. The summed E-state index contributed by atoms with van der Waals surface area (Å²) in [6.45, 7) is 4.66. The number of rotatable bonds is 11. The van der Waals surface area contributed by atoms with Gasteiger partial charge in [0, 0.05) is 51.8 Å². The van der Waals surface area contributed by atoms with Crippen LogP contribution in [-0.2, 0) is 29.6 Å².